The lowest BCUT2D eigenvalue weighted by Crippen LogP contribution is -2.45. The van der Waals surface area contributed by atoms with Crippen LogP contribution in [-0.4, -0.2) is 42.3 Å². The molecule has 1 heterocycles. The van der Waals surface area contributed by atoms with Crippen LogP contribution in [0.3, 0.4) is 0 Å². The molecule has 1 amide bonds. The number of nitrogens with zero attached hydrogens (tertiary/aromatic N) is 1. The number of amides is 1. The van der Waals surface area contributed by atoms with E-state index in [-0.39, 0.29) is 11.9 Å². The maximum Gasteiger partial charge on any atom is 0.234 e. The summed E-state index contributed by atoms with van der Waals surface area (Å²) in [4.78, 5) is 25.2. The van der Waals surface area contributed by atoms with Gasteiger partial charge in [-0.25, -0.2) is 0 Å². The molecule has 1 aliphatic heterocycles. The molecule has 4 nitrogen and oxygen atoms in total. The maximum atomic E-state index is 11.7. The fourth-order valence-electron chi connectivity index (χ4n) is 2.45. The van der Waals surface area contributed by atoms with Gasteiger partial charge in [-0.05, 0) is 19.3 Å². The van der Waals surface area contributed by atoms with E-state index in [0.29, 0.717) is 18.7 Å². The van der Waals surface area contributed by atoms with Crippen LogP contribution in [0.15, 0.2) is 0 Å². The Labute approximate surface area is 90.0 Å². The summed E-state index contributed by atoms with van der Waals surface area (Å²) >= 11 is 0. The highest BCUT2D eigenvalue weighted by Gasteiger charge is 2.29. The maximum absolute atomic E-state index is 11.7. The average Bonchev–Trinajstić information content (AvgIpc) is 2.43. The number of Topliss-reactive ketones (excluding diaryl/α,β-unsaturated/α-hetero) is 1. The summed E-state index contributed by atoms with van der Waals surface area (Å²) in [5.74, 6) is 0.391. The third-order valence-electron chi connectivity index (χ3n) is 3.25. The van der Waals surface area contributed by atoms with E-state index in [1.807, 2.05) is 0 Å². The van der Waals surface area contributed by atoms with E-state index in [9.17, 15) is 9.59 Å². The van der Waals surface area contributed by atoms with Crippen molar-refractivity contribution in [2.24, 2.45) is 0 Å². The smallest absolute Gasteiger partial charge is 0.234 e. The van der Waals surface area contributed by atoms with Gasteiger partial charge in [0.25, 0.3) is 0 Å². The molecule has 0 aromatic heterocycles. The summed E-state index contributed by atoms with van der Waals surface area (Å²) in [5.41, 5.74) is 0. The summed E-state index contributed by atoms with van der Waals surface area (Å²) < 4.78 is 0. The first kappa shape index (κ1) is 10.6. The van der Waals surface area contributed by atoms with E-state index >= 15 is 0 Å². The number of carbonyl (C=O) groups is 2. The Hall–Kier alpha value is -0.900. The number of hydrogen-bond donors (Lipinski definition) is 1. The number of hydrogen-bond acceptors (Lipinski definition) is 3. The SMILES string of the molecule is O=C1CN(C2CCCCC2=O)CCCN1. The van der Waals surface area contributed by atoms with Crippen molar-refractivity contribution in [3.8, 4) is 0 Å². The van der Waals surface area contributed by atoms with Crippen molar-refractivity contribution in [3.05, 3.63) is 0 Å². The molecule has 1 aliphatic carbocycles. The topological polar surface area (TPSA) is 49.4 Å². The van der Waals surface area contributed by atoms with Crippen molar-refractivity contribution in [2.45, 2.75) is 38.1 Å². The average molecular weight is 210 g/mol. The van der Waals surface area contributed by atoms with Gasteiger partial charge in [0.1, 0.15) is 5.78 Å². The van der Waals surface area contributed by atoms with Gasteiger partial charge in [-0.2, -0.15) is 0 Å². The van der Waals surface area contributed by atoms with Gasteiger partial charge in [0.15, 0.2) is 0 Å². The summed E-state index contributed by atoms with van der Waals surface area (Å²) in [5, 5.41) is 2.84. The fourth-order valence-corrected chi connectivity index (χ4v) is 2.45. The lowest BCUT2D eigenvalue weighted by Gasteiger charge is -2.31. The molecular weight excluding hydrogens is 192 g/mol. The van der Waals surface area contributed by atoms with E-state index in [1.54, 1.807) is 0 Å². The molecule has 1 saturated heterocycles. The van der Waals surface area contributed by atoms with Crippen LogP contribution in [0.1, 0.15) is 32.1 Å². The van der Waals surface area contributed by atoms with E-state index < -0.39 is 0 Å². The Balaban J connectivity index is 2.00. The zero-order valence-corrected chi connectivity index (χ0v) is 9.00. The molecule has 1 N–H and O–H groups in total. The third-order valence-corrected chi connectivity index (χ3v) is 3.25. The summed E-state index contributed by atoms with van der Waals surface area (Å²) in [6.45, 7) is 2.02. The predicted molar refractivity (Wildman–Crippen MR) is 56.5 cm³/mol. The molecule has 2 rings (SSSR count). The normalized spacial score (nSPS) is 29.7. The van der Waals surface area contributed by atoms with Gasteiger partial charge in [0.05, 0.1) is 12.6 Å². The number of nitrogens with one attached hydrogen (secondary N) is 1. The van der Waals surface area contributed by atoms with Crippen LogP contribution in [0.2, 0.25) is 0 Å². The Kier molecular flexibility index (Phi) is 3.36. The first-order valence-corrected chi connectivity index (χ1v) is 5.81. The molecule has 0 spiro atoms. The van der Waals surface area contributed by atoms with Gasteiger partial charge in [0.2, 0.25) is 5.91 Å². The zero-order valence-electron chi connectivity index (χ0n) is 9.00. The monoisotopic (exact) mass is 210 g/mol. The number of ketones is 1. The second-order valence-electron chi connectivity index (χ2n) is 4.40. The summed E-state index contributed by atoms with van der Waals surface area (Å²) in [7, 11) is 0. The van der Waals surface area contributed by atoms with Crippen LogP contribution in [-0.2, 0) is 9.59 Å². The minimum absolute atomic E-state index is 0.0163. The highest BCUT2D eigenvalue weighted by atomic mass is 16.2. The Bertz CT molecular complexity index is 265. The molecule has 2 aliphatic rings. The quantitative estimate of drug-likeness (QED) is 0.678. The molecule has 0 aromatic carbocycles. The Morgan fingerprint density at radius 2 is 2.07 bits per heavy atom. The van der Waals surface area contributed by atoms with Gasteiger partial charge in [-0.15, -0.1) is 0 Å². The van der Waals surface area contributed by atoms with E-state index in [0.717, 1.165) is 38.8 Å². The van der Waals surface area contributed by atoms with Crippen LogP contribution in [0, 0.1) is 0 Å². The van der Waals surface area contributed by atoms with Gasteiger partial charge < -0.3 is 5.32 Å². The number of rotatable bonds is 1. The van der Waals surface area contributed by atoms with Gasteiger partial charge in [-0.1, -0.05) is 6.42 Å². The predicted octanol–water partition coefficient (Wildman–Crippen LogP) is 0.320. The Morgan fingerprint density at radius 1 is 1.20 bits per heavy atom. The van der Waals surface area contributed by atoms with Gasteiger partial charge >= 0.3 is 0 Å². The van der Waals surface area contributed by atoms with Crippen LogP contribution >= 0.6 is 0 Å². The highest BCUT2D eigenvalue weighted by molar-refractivity contribution is 5.86. The Morgan fingerprint density at radius 3 is 2.87 bits per heavy atom. The summed E-state index contributed by atoms with van der Waals surface area (Å²) in [6.07, 6.45) is 4.73. The zero-order chi connectivity index (χ0) is 10.7. The summed E-state index contributed by atoms with van der Waals surface area (Å²) in [6, 6.07) is 0.0163. The highest BCUT2D eigenvalue weighted by Crippen LogP contribution is 2.20. The number of carbonyl (C=O) groups excluding carboxylic acids is 2. The molecular formula is C11H18N2O2. The standard InChI is InChI=1S/C11H18N2O2/c14-10-5-2-1-4-9(10)13-7-3-6-12-11(15)8-13/h9H,1-8H2,(H,12,15). The fraction of sp³-hybridized carbons (Fsp3) is 0.818. The van der Waals surface area contributed by atoms with Crippen LogP contribution in [0.25, 0.3) is 0 Å². The van der Waals surface area contributed by atoms with Crippen molar-refractivity contribution in [1.29, 1.82) is 0 Å². The van der Waals surface area contributed by atoms with E-state index in [1.165, 1.54) is 0 Å². The molecule has 1 atom stereocenters. The molecule has 4 heteroatoms. The molecule has 0 bridgehead atoms. The third kappa shape index (κ3) is 2.56. The van der Waals surface area contributed by atoms with Gasteiger partial charge in [-0.3, -0.25) is 14.5 Å². The molecule has 0 aromatic rings. The second-order valence-corrected chi connectivity index (χ2v) is 4.40. The largest absolute Gasteiger partial charge is 0.355 e. The first-order valence-electron chi connectivity index (χ1n) is 5.81. The van der Waals surface area contributed by atoms with Crippen molar-refractivity contribution in [2.75, 3.05) is 19.6 Å². The van der Waals surface area contributed by atoms with Crippen molar-refractivity contribution < 1.29 is 9.59 Å². The van der Waals surface area contributed by atoms with Crippen molar-refractivity contribution in [3.63, 3.8) is 0 Å². The molecule has 15 heavy (non-hydrogen) atoms. The minimum atomic E-state index is 0.0163. The van der Waals surface area contributed by atoms with Crippen LogP contribution in [0.4, 0.5) is 0 Å². The van der Waals surface area contributed by atoms with Crippen LogP contribution < -0.4 is 5.32 Å². The lowest BCUT2D eigenvalue weighted by molar-refractivity contribution is -0.128. The second kappa shape index (κ2) is 4.75. The first-order chi connectivity index (χ1) is 7.27. The van der Waals surface area contributed by atoms with E-state index in [4.69, 9.17) is 0 Å². The molecule has 1 saturated carbocycles. The van der Waals surface area contributed by atoms with Gasteiger partial charge in [0, 0.05) is 19.5 Å². The molecule has 84 valence electrons. The molecule has 2 fully saturated rings. The van der Waals surface area contributed by atoms with Crippen LogP contribution in [0.5, 0.6) is 0 Å². The lowest BCUT2D eigenvalue weighted by atomic mass is 9.93. The molecule has 1 unspecified atom stereocenters. The van der Waals surface area contributed by atoms with E-state index in [2.05, 4.69) is 10.2 Å². The minimum Gasteiger partial charge on any atom is -0.355 e. The molecule has 0 radical (unpaired) electrons. The van der Waals surface area contributed by atoms with Crippen molar-refractivity contribution in [1.82, 2.24) is 10.2 Å². The van der Waals surface area contributed by atoms with Crippen molar-refractivity contribution >= 4 is 11.7 Å².